The minimum absolute atomic E-state index is 0. The van der Waals surface area contributed by atoms with Crippen LogP contribution in [0.2, 0.25) is 0 Å². The number of hydrogen-bond donors (Lipinski definition) is 1. The Bertz CT molecular complexity index is 703. The average Bonchev–Trinajstić information content (AvgIpc) is 3.15. The normalized spacial score (nSPS) is 17.5. The van der Waals surface area contributed by atoms with Gasteiger partial charge in [-0.3, -0.25) is 4.99 Å². The molecular weight excluding hydrogens is 469 g/mol. The Hall–Kier alpha value is -1.22. The lowest BCUT2D eigenvalue weighted by Gasteiger charge is -2.34. The van der Waals surface area contributed by atoms with Crippen LogP contribution in [0.3, 0.4) is 0 Å². The first-order valence-corrected chi connectivity index (χ1v) is 10.5. The minimum Gasteiger partial charge on any atom is -0.349 e. The average molecular weight is 499 g/mol. The predicted octanol–water partition coefficient (Wildman–Crippen LogP) is 3.65. The van der Waals surface area contributed by atoms with E-state index in [9.17, 15) is 0 Å². The van der Waals surface area contributed by atoms with E-state index in [2.05, 4.69) is 80.0 Å². The second-order valence-electron chi connectivity index (χ2n) is 6.52. The number of guanidine groups is 1. The third-order valence-electron chi connectivity index (χ3n) is 4.80. The molecule has 0 spiro atoms. The molecule has 1 N–H and O–H groups in total. The van der Waals surface area contributed by atoms with Crippen LogP contribution in [0.5, 0.6) is 0 Å². The van der Waals surface area contributed by atoms with Crippen molar-refractivity contribution in [2.45, 2.75) is 38.1 Å². The molecule has 3 rings (SSSR count). The topological polar surface area (TPSA) is 45.4 Å². The Morgan fingerprint density at radius 2 is 2.15 bits per heavy atom. The summed E-state index contributed by atoms with van der Waals surface area (Å²) in [5.74, 6) is 3.21. The number of aliphatic imine (C=N–C) groups is 1. The molecule has 148 valence electrons. The molecule has 1 aliphatic heterocycles. The second-order valence-corrected chi connectivity index (χ2v) is 7.93. The molecule has 1 unspecified atom stereocenters. The Kier molecular flexibility index (Phi) is 9.47. The van der Waals surface area contributed by atoms with E-state index in [1.54, 1.807) is 0 Å². The van der Waals surface area contributed by atoms with Crippen LogP contribution in [0.25, 0.3) is 0 Å². The van der Waals surface area contributed by atoms with Crippen LogP contribution < -0.4 is 5.32 Å². The Balaban J connectivity index is 0.00000261. The van der Waals surface area contributed by atoms with Gasteiger partial charge < -0.3 is 14.8 Å². The minimum atomic E-state index is 0. The number of benzene rings is 1. The first kappa shape index (κ1) is 22.1. The molecule has 0 bridgehead atoms. The zero-order valence-corrected chi connectivity index (χ0v) is 19.3. The van der Waals surface area contributed by atoms with Crippen molar-refractivity contribution in [3.63, 3.8) is 0 Å². The number of imidazole rings is 1. The van der Waals surface area contributed by atoms with Crippen molar-refractivity contribution < 1.29 is 0 Å². The maximum absolute atomic E-state index is 4.53. The van der Waals surface area contributed by atoms with Crippen LogP contribution in [-0.2, 0) is 19.5 Å². The standard InChI is InChI=1S/C20H29N5S.HI/c1-3-18-16-25(13-14-26-18)20(21-2)23-15-19-22-10-12-24(19)11-9-17-7-5-4-6-8-17;/h4-8,10,12,18H,3,9,11,13-16H2,1-2H3,(H,21,23);1H. The van der Waals surface area contributed by atoms with E-state index in [4.69, 9.17) is 0 Å². The summed E-state index contributed by atoms with van der Waals surface area (Å²) in [6.07, 6.45) is 6.17. The van der Waals surface area contributed by atoms with Gasteiger partial charge in [-0.2, -0.15) is 11.8 Å². The van der Waals surface area contributed by atoms with E-state index in [1.165, 1.54) is 17.7 Å². The molecule has 27 heavy (non-hydrogen) atoms. The number of rotatable bonds is 6. The molecule has 2 aromatic rings. The number of thioether (sulfide) groups is 1. The lowest BCUT2D eigenvalue weighted by molar-refractivity contribution is 0.406. The Labute approximate surface area is 184 Å². The molecule has 1 aromatic carbocycles. The van der Waals surface area contributed by atoms with Gasteiger partial charge in [0.2, 0.25) is 0 Å². The fourth-order valence-corrected chi connectivity index (χ4v) is 4.43. The van der Waals surface area contributed by atoms with Crippen molar-refractivity contribution in [3.8, 4) is 0 Å². The summed E-state index contributed by atoms with van der Waals surface area (Å²) in [7, 11) is 1.87. The summed E-state index contributed by atoms with van der Waals surface area (Å²) in [6, 6.07) is 10.6. The number of aromatic nitrogens is 2. The lowest BCUT2D eigenvalue weighted by atomic mass is 10.1. The summed E-state index contributed by atoms with van der Waals surface area (Å²) in [5.41, 5.74) is 1.35. The van der Waals surface area contributed by atoms with Crippen molar-refractivity contribution in [2.24, 2.45) is 4.99 Å². The zero-order valence-electron chi connectivity index (χ0n) is 16.2. The predicted molar refractivity (Wildman–Crippen MR) is 126 cm³/mol. The lowest BCUT2D eigenvalue weighted by Crippen LogP contribution is -2.47. The van der Waals surface area contributed by atoms with Gasteiger partial charge in [0.1, 0.15) is 5.82 Å². The molecule has 1 aromatic heterocycles. The van der Waals surface area contributed by atoms with Crippen LogP contribution in [0.15, 0.2) is 47.7 Å². The molecule has 0 saturated carbocycles. The summed E-state index contributed by atoms with van der Waals surface area (Å²) in [5, 5.41) is 4.21. The fraction of sp³-hybridized carbons (Fsp3) is 0.500. The van der Waals surface area contributed by atoms with Gasteiger partial charge >= 0.3 is 0 Å². The first-order valence-electron chi connectivity index (χ1n) is 9.41. The van der Waals surface area contributed by atoms with Gasteiger partial charge in [-0.1, -0.05) is 37.3 Å². The van der Waals surface area contributed by atoms with Crippen molar-refractivity contribution in [1.29, 1.82) is 0 Å². The fourth-order valence-electron chi connectivity index (χ4n) is 3.25. The summed E-state index contributed by atoms with van der Waals surface area (Å²) >= 11 is 2.08. The van der Waals surface area contributed by atoms with E-state index in [0.29, 0.717) is 11.8 Å². The zero-order chi connectivity index (χ0) is 18.2. The summed E-state index contributed by atoms with van der Waals surface area (Å²) < 4.78 is 2.23. The van der Waals surface area contributed by atoms with Crippen molar-refractivity contribution in [1.82, 2.24) is 19.8 Å². The van der Waals surface area contributed by atoms with Crippen molar-refractivity contribution in [3.05, 3.63) is 54.1 Å². The monoisotopic (exact) mass is 499 g/mol. The molecule has 0 aliphatic carbocycles. The maximum Gasteiger partial charge on any atom is 0.194 e. The van der Waals surface area contributed by atoms with E-state index < -0.39 is 0 Å². The van der Waals surface area contributed by atoms with Crippen molar-refractivity contribution in [2.75, 3.05) is 25.9 Å². The van der Waals surface area contributed by atoms with Gasteiger partial charge in [0.05, 0.1) is 6.54 Å². The Morgan fingerprint density at radius 3 is 2.89 bits per heavy atom. The van der Waals surface area contributed by atoms with E-state index in [-0.39, 0.29) is 24.0 Å². The number of halogens is 1. The molecule has 1 saturated heterocycles. The molecule has 1 aliphatic rings. The van der Waals surface area contributed by atoms with Crippen LogP contribution in [0.1, 0.15) is 24.7 Å². The molecule has 0 radical (unpaired) electrons. The maximum atomic E-state index is 4.53. The van der Waals surface area contributed by atoms with E-state index in [0.717, 1.165) is 37.8 Å². The Morgan fingerprint density at radius 1 is 1.33 bits per heavy atom. The smallest absolute Gasteiger partial charge is 0.194 e. The van der Waals surface area contributed by atoms with E-state index >= 15 is 0 Å². The van der Waals surface area contributed by atoms with Crippen molar-refractivity contribution >= 4 is 41.7 Å². The quantitative estimate of drug-likeness (QED) is 0.375. The van der Waals surface area contributed by atoms with Gasteiger partial charge in [0.25, 0.3) is 0 Å². The molecule has 1 fully saturated rings. The molecule has 0 amide bonds. The van der Waals surface area contributed by atoms with Gasteiger partial charge in [0.15, 0.2) is 5.96 Å². The van der Waals surface area contributed by atoms with E-state index in [1.807, 2.05) is 13.2 Å². The SMILES string of the molecule is CCC1CN(C(=NC)NCc2nccn2CCc2ccccc2)CCS1.I. The van der Waals surface area contributed by atoms with Gasteiger partial charge in [0, 0.05) is 50.1 Å². The van der Waals surface area contributed by atoms with Gasteiger partial charge in [-0.25, -0.2) is 4.98 Å². The second kappa shape index (κ2) is 11.6. The molecule has 1 atom stereocenters. The number of aryl methyl sites for hydroxylation is 2. The summed E-state index contributed by atoms with van der Waals surface area (Å²) in [6.45, 7) is 6.04. The largest absolute Gasteiger partial charge is 0.349 e. The highest BCUT2D eigenvalue weighted by molar-refractivity contribution is 14.0. The van der Waals surface area contributed by atoms with Crippen LogP contribution in [0, 0.1) is 0 Å². The van der Waals surface area contributed by atoms with Crippen LogP contribution >= 0.6 is 35.7 Å². The highest BCUT2D eigenvalue weighted by Gasteiger charge is 2.21. The number of nitrogens with one attached hydrogen (secondary N) is 1. The summed E-state index contributed by atoms with van der Waals surface area (Å²) in [4.78, 5) is 11.4. The van der Waals surface area contributed by atoms with Gasteiger partial charge in [-0.05, 0) is 18.4 Å². The highest BCUT2D eigenvalue weighted by atomic mass is 127. The first-order chi connectivity index (χ1) is 12.8. The van der Waals surface area contributed by atoms with Gasteiger partial charge in [-0.15, -0.1) is 24.0 Å². The molecular formula is C20H30IN5S. The number of nitrogens with zero attached hydrogens (tertiary/aromatic N) is 4. The third-order valence-corrected chi connectivity index (χ3v) is 6.17. The highest BCUT2D eigenvalue weighted by Crippen LogP contribution is 2.21. The third kappa shape index (κ3) is 6.41. The van der Waals surface area contributed by atoms with Crippen LogP contribution in [0.4, 0.5) is 0 Å². The molecule has 7 heteroatoms. The number of hydrogen-bond acceptors (Lipinski definition) is 3. The molecule has 2 heterocycles. The van der Waals surface area contributed by atoms with Crippen LogP contribution in [-0.4, -0.2) is 51.6 Å². The molecule has 5 nitrogen and oxygen atoms in total.